The third-order valence-electron chi connectivity index (χ3n) is 4.22. The summed E-state index contributed by atoms with van der Waals surface area (Å²) in [4.78, 5) is 8.18. The van der Waals surface area contributed by atoms with Gasteiger partial charge in [-0.3, -0.25) is 0 Å². The number of anilines is 1. The lowest BCUT2D eigenvalue weighted by Crippen LogP contribution is -2.21. The van der Waals surface area contributed by atoms with Gasteiger partial charge in [0.1, 0.15) is 6.07 Å². The zero-order valence-electron chi connectivity index (χ0n) is 9.76. The lowest BCUT2D eigenvalue weighted by Gasteiger charge is -2.22. The summed E-state index contributed by atoms with van der Waals surface area (Å²) in [5, 5.41) is 12.2. The molecular weight excluding hydrogens is 212 g/mol. The minimum atomic E-state index is 0.399. The molecule has 0 saturated heterocycles. The molecule has 1 N–H and O–H groups in total. The highest BCUT2D eigenvalue weighted by Gasteiger charge is 2.39. The normalized spacial score (nSPS) is 30.2. The summed E-state index contributed by atoms with van der Waals surface area (Å²) in [7, 11) is 0. The van der Waals surface area contributed by atoms with Gasteiger partial charge in [-0.05, 0) is 37.0 Å². The Kier molecular flexibility index (Phi) is 2.68. The molecule has 3 rings (SSSR count). The molecule has 0 aromatic carbocycles. The van der Waals surface area contributed by atoms with Crippen LogP contribution >= 0.6 is 0 Å². The number of rotatable bonds is 3. The standard InChI is InChI=1S/C13H16N4/c14-7-12-13(16-4-3-15-12)17-8-11-6-9-1-2-10(11)5-9/h3-4,9-11H,1-2,5-6,8H2,(H,16,17). The molecule has 3 unspecified atom stereocenters. The molecule has 3 atom stereocenters. The summed E-state index contributed by atoms with van der Waals surface area (Å²) >= 11 is 0. The first kappa shape index (κ1) is 10.5. The molecule has 17 heavy (non-hydrogen) atoms. The Labute approximate surface area is 101 Å². The molecule has 0 aliphatic heterocycles. The van der Waals surface area contributed by atoms with Crippen LogP contribution in [-0.4, -0.2) is 16.5 Å². The molecule has 0 radical (unpaired) electrons. The van der Waals surface area contributed by atoms with Crippen molar-refractivity contribution in [3.05, 3.63) is 18.1 Å². The van der Waals surface area contributed by atoms with Crippen LogP contribution in [0, 0.1) is 29.1 Å². The van der Waals surface area contributed by atoms with E-state index in [4.69, 9.17) is 5.26 Å². The van der Waals surface area contributed by atoms with E-state index >= 15 is 0 Å². The molecule has 2 fully saturated rings. The van der Waals surface area contributed by atoms with Crippen molar-refractivity contribution in [3.8, 4) is 6.07 Å². The van der Waals surface area contributed by atoms with Gasteiger partial charge in [-0.2, -0.15) is 5.26 Å². The minimum Gasteiger partial charge on any atom is -0.367 e. The van der Waals surface area contributed by atoms with Crippen LogP contribution in [0.15, 0.2) is 12.4 Å². The largest absolute Gasteiger partial charge is 0.367 e. The molecular formula is C13H16N4. The van der Waals surface area contributed by atoms with E-state index in [1.54, 1.807) is 12.4 Å². The van der Waals surface area contributed by atoms with Crippen LogP contribution in [-0.2, 0) is 0 Å². The summed E-state index contributed by atoms with van der Waals surface area (Å²) in [5.41, 5.74) is 0.399. The summed E-state index contributed by atoms with van der Waals surface area (Å²) in [5.74, 6) is 3.26. The number of hydrogen-bond acceptors (Lipinski definition) is 4. The molecule has 2 saturated carbocycles. The molecule has 2 bridgehead atoms. The van der Waals surface area contributed by atoms with Crippen LogP contribution in [0.3, 0.4) is 0 Å². The summed E-state index contributed by atoms with van der Waals surface area (Å²) in [6.07, 6.45) is 8.77. The van der Waals surface area contributed by atoms with Crippen molar-refractivity contribution in [2.24, 2.45) is 17.8 Å². The second-order valence-corrected chi connectivity index (χ2v) is 5.18. The van der Waals surface area contributed by atoms with Crippen molar-refractivity contribution in [1.82, 2.24) is 9.97 Å². The molecule has 0 spiro atoms. The second kappa shape index (κ2) is 4.33. The molecule has 0 amide bonds. The second-order valence-electron chi connectivity index (χ2n) is 5.18. The predicted octanol–water partition coefficient (Wildman–Crippen LogP) is 2.20. The fraction of sp³-hybridized carbons (Fsp3) is 0.615. The highest BCUT2D eigenvalue weighted by atomic mass is 15.0. The van der Waals surface area contributed by atoms with Crippen LogP contribution in [0.4, 0.5) is 5.82 Å². The maximum absolute atomic E-state index is 8.92. The van der Waals surface area contributed by atoms with E-state index < -0.39 is 0 Å². The topological polar surface area (TPSA) is 61.6 Å². The smallest absolute Gasteiger partial charge is 0.182 e. The van der Waals surface area contributed by atoms with Crippen LogP contribution in [0.25, 0.3) is 0 Å². The van der Waals surface area contributed by atoms with Crippen molar-refractivity contribution < 1.29 is 0 Å². The van der Waals surface area contributed by atoms with Crippen molar-refractivity contribution in [1.29, 1.82) is 5.26 Å². The summed E-state index contributed by atoms with van der Waals surface area (Å²) < 4.78 is 0. The quantitative estimate of drug-likeness (QED) is 0.861. The first-order valence-electron chi connectivity index (χ1n) is 6.32. The predicted molar refractivity (Wildman–Crippen MR) is 64.2 cm³/mol. The fourth-order valence-corrected chi connectivity index (χ4v) is 3.40. The van der Waals surface area contributed by atoms with Gasteiger partial charge in [0.2, 0.25) is 0 Å². The van der Waals surface area contributed by atoms with Crippen LogP contribution in [0.5, 0.6) is 0 Å². The Bertz CT molecular complexity index is 451. The summed E-state index contributed by atoms with van der Waals surface area (Å²) in [6.45, 7) is 0.939. The number of nitrogens with one attached hydrogen (secondary N) is 1. The Morgan fingerprint density at radius 2 is 2.18 bits per heavy atom. The Balaban J connectivity index is 1.63. The Morgan fingerprint density at radius 3 is 2.88 bits per heavy atom. The van der Waals surface area contributed by atoms with Gasteiger partial charge in [-0.1, -0.05) is 6.42 Å². The van der Waals surface area contributed by atoms with Gasteiger partial charge in [0.15, 0.2) is 11.5 Å². The number of fused-ring (bicyclic) bond motifs is 2. The van der Waals surface area contributed by atoms with Gasteiger partial charge >= 0.3 is 0 Å². The number of nitriles is 1. The SMILES string of the molecule is N#Cc1nccnc1NCC1CC2CCC1C2. The van der Waals surface area contributed by atoms with E-state index in [1.165, 1.54) is 25.7 Å². The highest BCUT2D eigenvalue weighted by Crippen LogP contribution is 2.48. The van der Waals surface area contributed by atoms with Gasteiger partial charge in [0.05, 0.1) is 0 Å². The van der Waals surface area contributed by atoms with E-state index in [0.717, 1.165) is 24.3 Å². The van der Waals surface area contributed by atoms with E-state index in [9.17, 15) is 0 Å². The van der Waals surface area contributed by atoms with E-state index in [2.05, 4.69) is 21.4 Å². The number of nitrogens with zero attached hydrogens (tertiary/aromatic N) is 3. The molecule has 4 heteroatoms. The van der Waals surface area contributed by atoms with Gasteiger partial charge < -0.3 is 5.32 Å². The van der Waals surface area contributed by atoms with Gasteiger partial charge in [-0.15, -0.1) is 0 Å². The molecule has 88 valence electrons. The third-order valence-corrected chi connectivity index (χ3v) is 4.22. The Hall–Kier alpha value is -1.63. The van der Waals surface area contributed by atoms with E-state index in [0.29, 0.717) is 11.5 Å². The third kappa shape index (κ3) is 1.97. The van der Waals surface area contributed by atoms with E-state index in [1.807, 2.05) is 0 Å². The monoisotopic (exact) mass is 228 g/mol. The van der Waals surface area contributed by atoms with Gasteiger partial charge in [0.25, 0.3) is 0 Å². The van der Waals surface area contributed by atoms with Gasteiger partial charge in [0, 0.05) is 18.9 Å². The zero-order chi connectivity index (χ0) is 11.7. The maximum atomic E-state index is 8.92. The van der Waals surface area contributed by atoms with Gasteiger partial charge in [-0.25, -0.2) is 9.97 Å². The molecule has 1 heterocycles. The zero-order valence-corrected chi connectivity index (χ0v) is 9.76. The molecule has 2 aliphatic carbocycles. The number of hydrogen-bond donors (Lipinski definition) is 1. The maximum Gasteiger partial charge on any atom is 0.182 e. The molecule has 1 aromatic rings. The molecule has 4 nitrogen and oxygen atoms in total. The van der Waals surface area contributed by atoms with Crippen molar-refractivity contribution in [3.63, 3.8) is 0 Å². The van der Waals surface area contributed by atoms with Crippen LogP contribution in [0.2, 0.25) is 0 Å². The summed E-state index contributed by atoms with van der Waals surface area (Å²) in [6, 6.07) is 2.07. The average molecular weight is 228 g/mol. The Morgan fingerprint density at radius 1 is 1.29 bits per heavy atom. The van der Waals surface area contributed by atoms with Crippen LogP contribution < -0.4 is 5.32 Å². The molecule has 1 aromatic heterocycles. The lowest BCUT2D eigenvalue weighted by molar-refractivity contribution is 0.348. The van der Waals surface area contributed by atoms with Crippen molar-refractivity contribution in [2.75, 3.05) is 11.9 Å². The van der Waals surface area contributed by atoms with Crippen LogP contribution in [0.1, 0.15) is 31.4 Å². The molecule has 2 aliphatic rings. The number of aromatic nitrogens is 2. The highest BCUT2D eigenvalue weighted by molar-refractivity contribution is 5.46. The average Bonchev–Trinajstić information content (AvgIpc) is 2.98. The van der Waals surface area contributed by atoms with E-state index in [-0.39, 0.29) is 0 Å². The fourth-order valence-electron chi connectivity index (χ4n) is 3.40. The lowest BCUT2D eigenvalue weighted by atomic mass is 9.89. The van der Waals surface area contributed by atoms with Crippen molar-refractivity contribution in [2.45, 2.75) is 25.7 Å². The first-order valence-corrected chi connectivity index (χ1v) is 6.32. The minimum absolute atomic E-state index is 0.399. The first-order chi connectivity index (χ1) is 8.36. The van der Waals surface area contributed by atoms with Crippen molar-refractivity contribution >= 4 is 5.82 Å².